The molecule has 1 aromatic heterocycles. The van der Waals surface area contributed by atoms with Crippen LogP contribution in [0.1, 0.15) is 38.8 Å². The van der Waals surface area contributed by atoms with Gasteiger partial charge in [-0.05, 0) is 26.0 Å². The summed E-state index contributed by atoms with van der Waals surface area (Å²) in [5.41, 5.74) is 2.49. The first-order valence-electron chi connectivity index (χ1n) is 8.00. The van der Waals surface area contributed by atoms with Crippen LogP contribution in [0.2, 0.25) is 0 Å². The molecule has 0 N–H and O–H groups in total. The lowest BCUT2D eigenvalue weighted by atomic mass is 10.1. The van der Waals surface area contributed by atoms with Crippen LogP contribution < -0.4 is 0 Å². The highest BCUT2D eigenvalue weighted by Crippen LogP contribution is 2.26. The van der Waals surface area contributed by atoms with Crippen molar-refractivity contribution >= 4 is 17.7 Å². The van der Waals surface area contributed by atoms with Crippen LogP contribution in [0.3, 0.4) is 0 Å². The molecule has 0 saturated carbocycles. The van der Waals surface area contributed by atoms with E-state index in [4.69, 9.17) is 0 Å². The zero-order valence-electron chi connectivity index (χ0n) is 14.7. The van der Waals surface area contributed by atoms with E-state index < -0.39 is 17.9 Å². The fraction of sp³-hybridized carbons (Fsp3) is 0.333. The number of fused-ring (bicyclic) bond motifs is 1. The van der Waals surface area contributed by atoms with Crippen molar-refractivity contribution in [2.75, 3.05) is 7.05 Å². The lowest BCUT2D eigenvalue weighted by Crippen LogP contribution is -2.48. The van der Waals surface area contributed by atoms with Gasteiger partial charge in [-0.2, -0.15) is 5.10 Å². The van der Waals surface area contributed by atoms with Crippen LogP contribution in [0.15, 0.2) is 30.6 Å². The van der Waals surface area contributed by atoms with Crippen LogP contribution >= 0.6 is 0 Å². The van der Waals surface area contributed by atoms with Crippen molar-refractivity contribution in [2.24, 2.45) is 7.05 Å². The number of amides is 3. The fourth-order valence-electron chi connectivity index (χ4n) is 3.06. The summed E-state index contributed by atoms with van der Waals surface area (Å²) in [6, 6.07) is 4.25. The number of nitrogens with zero attached hydrogens (tertiary/aromatic N) is 4. The van der Waals surface area contributed by atoms with Gasteiger partial charge in [0.1, 0.15) is 6.04 Å². The summed E-state index contributed by atoms with van der Waals surface area (Å²) in [7, 11) is 3.45. The molecule has 1 atom stereocenters. The quantitative estimate of drug-likeness (QED) is 0.788. The van der Waals surface area contributed by atoms with E-state index in [0.717, 1.165) is 16.0 Å². The van der Waals surface area contributed by atoms with E-state index in [-0.39, 0.29) is 5.91 Å². The first kappa shape index (κ1) is 16.9. The number of carbonyl (C=O) groups is 3. The first-order chi connectivity index (χ1) is 11.8. The molecule has 0 aliphatic carbocycles. The van der Waals surface area contributed by atoms with E-state index in [1.54, 1.807) is 50.1 Å². The number of aromatic nitrogens is 2. The Hall–Kier alpha value is -2.96. The molecule has 3 amide bonds. The Balaban J connectivity index is 1.78. The molecule has 0 bridgehead atoms. The summed E-state index contributed by atoms with van der Waals surface area (Å²) in [6.07, 6.45) is 3.50. The highest BCUT2D eigenvalue weighted by atomic mass is 16.2. The van der Waals surface area contributed by atoms with E-state index >= 15 is 0 Å². The van der Waals surface area contributed by atoms with Crippen molar-refractivity contribution in [3.63, 3.8) is 0 Å². The van der Waals surface area contributed by atoms with Gasteiger partial charge in [-0.15, -0.1) is 0 Å². The Morgan fingerprint density at radius 3 is 2.56 bits per heavy atom. The number of likely N-dealkylation sites (N-methyl/N-ethyl adjacent to an activating group) is 1. The van der Waals surface area contributed by atoms with Crippen molar-refractivity contribution < 1.29 is 14.4 Å². The second-order valence-electron chi connectivity index (χ2n) is 6.42. The average molecular weight is 340 g/mol. The van der Waals surface area contributed by atoms with Gasteiger partial charge in [-0.1, -0.05) is 11.6 Å². The Labute approximate surface area is 145 Å². The molecule has 0 fully saturated rings. The largest absolute Gasteiger partial charge is 0.340 e. The number of benzene rings is 1. The van der Waals surface area contributed by atoms with Crippen LogP contribution in [0, 0.1) is 6.92 Å². The molecule has 1 aliphatic rings. The minimum Gasteiger partial charge on any atom is -0.340 e. The summed E-state index contributed by atoms with van der Waals surface area (Å²) in [6.45, 7) is 3.80. The van der Waals surface area contributed by atoms with Gasteiger partial charge >= 0.3 is 0 Å². The van der Waals surface area contributed by atoms with E-state index in [2.05, 4.69) is 5.10 Å². The van der Waals surface area contributed by atoms with Crippen LogP contribution in [0.5, 0.6) is 0 Å². The Morgan fingerprint density at radius 1 is 1.24 bits per heavy atom. The maximum atomic E-state index is 12.7. The van der Waals surface area contributed by atoms with Gasteiger partial charge in [-0.3, -0.25) is 24.0 Å². The van der Waals surface area contributed by atoms with Crippen molar-refractivity contribution in [3.8, 4) is 0 Å². The number of carbonyl (C=O) groups excluding carboxylic acids is 3. The van der Waals surface area contributed by atoms with Crippen molar-refractivity contribution in [1.29, 1.82) is 0 Å². The number of aryl methyl sites for hydroxylation is 2. The molecule has 130 valence electrons. The first-order valence-corrected chi connectivity index (χ1v) is 8.00. The van der Waals surface area contributed by atoms with Crippen molar-refractivity contribution in [1.82, 2.24) is 19.6 Å². The highest BCUT2D eigenvalue weighted by Gasteiger charge is 2.41. The van der Waals surface area contributed by atoms with Gasteiger partial charge in [0.2, 0.25) is 5.91 Å². The molecule has 7 heteroatoms. The molecule has 0 spiro atoms. The van der Waals surface area contributed by atoms with Crippen LogP contribution in [-0.2, 0) is 18.4 Å². The molecule has 2 aromatic rings. The Morgan fingerprint density at radius 2 is 1.92 bits per heavy atom. The van der Waals surface area contributed by atoms with Crippen molar-refractivity contribution in [2.45, 2.75) is 26.4 Å². The normalized spacial score (nSPS) is 14.6. The number of hydrogen-bond acceptors (Lipinski definition) is 4. The van der Waals surface area contributed by atoms with Gasteiger partial charge in [-0.25, -0.2) is 0 Å². The Kier molecular flexibility index (Phi) is 4.16. The molecule has 2 heterocycles. The summed E-state index contributed by atoms with van der Waals surface area (Å²) in [4.78, 5) is 40.4. The van der Waals surface area contributed by atoms with Crippen molar-refractivity contribution in [3.05, 3.63) is 52.8 Å². The minimum absolute atomic E-state index is 0.296. The summed E-state index contributed by atoms with van der Waals surface area (Å²) in [5.74, 6) is -1.13. The standard InChI is InChI=1S/C18H20N4O3/c1-11-5-6-14-15(7-11)18(25)22(17(14)24)12(2)16(23)20(3)9-13-8-19-21(4)10-13/h5-8,10,12H,9H2,1-4H3/t12-/m0/s1. The van der Waals surface area contributed by atoms with Gasteiger partial charge < -0.3 is 4.90 Å². The number of imide groups is 1. The molecular formula is C18H20N4O3. The molecular weight excluding hydrogens is 320 g/mol. The third-order valence-corrected chi connectivity index (χ3v) is 4.37. The number of rotatable bonds is 4. The second-order valence-corrected chi connectivity index (χ2v) is 6.42. The third kappa shape index (κ3) is 2.93. The van der Waals surface area contributed by atoms with Crippen LogP contribution in [0.25, 0.3) is 0 Å². The minimum atomic E-state index is -0.866. The lowest BCUT2D eigenvalue weighted by molar-refractivity contribution is -0.134. The molecule has 25 heavy (non-hydrogen) atoms. The molecule has 0 unspecified atom stereocenters. The zero-order chi connectivity index (χ0) is 18.3. The average Bonchev–Trinajstić information content (AvgIpc) is 3.08. The monoisotopic (exact) mass is 340 g/mol. The number of hydrogen-bond donors (Lipinski definition) is 0. The topological polar surface area (TPSA) is 75.5 Å². The molecule has 1 aliphatic heterocycles. The highest BCUT2D eigenvalue weighted by molar-refractivity contribution is 6.22. The lowest BCUT2D eigenvalue weighted by Gasteiger charge is -2.26. The van der Waals surface area contributed by atoms with E-state index in [0.29, 0.717) is 17.7 Å². The van der Waals surface area contributed by atoms with Gasteiger partial charge in [0, 0.05) is 32.4 Å². The molecule has 3 rings (SSSR count). The van der Waals surface area contributed by atoms with Gasteiger partial charge in [0.15, 0.2) is 0 Å². The van der Waals surface area contributed by atoms with E-state index in [9.17, 15) is 14.4 Å². The molecule has 1 aromatic carbocycles. The van der Waals surface area contributed by atoms with E-state index in [1.165, 1.54) is 4.90 Å². The second kappa shape index (κ2) is 6.16. The summed E-state index contributed by atoms with van der Waals surface area (Å²) in [5, 5.41) is 4.07. The summed E-state index contributed by atoms with van der Waals surface area (Å²) < 4.78 is 1.66. The maximum absolute atomic E-state index is 12.7. The Bertz CT molecular complexity index is 871. The molecule has 0 saturated heterocycles. The van der Waals surface area contributed by atoms with Gasteiger partial charge in [0.25, 0.3) is 11.8 Å². The maximum Gasteiger partial charge on any atom is 0.262 e. The SMILES string of the molecule is Cc1ccc2c(c1)C(=O)N([C@@H](C)C(=O)N(C)Cc1cnn(C)c1)C2=O. The molecule has 0 radical (unpaired) electrons. The smallest absolute Gasteiger partial charge is 0.262 e. The summed E-state index contributed by atoms with van der Waals surface area (Å²) >= 11 is 0. The predicted molar refractivity (Wildman–Crippen MR) is 90.8 cm³/mol. The third-order valence-electron chi connectivity index (χ3n) is 4.37. The zero-order valence-corrected chi connectivity index (χ0v) is 14.7. The van der Waals surface area contributed by atoms with Crippen LogP contribution in [0.4, 0.5) is 0 Å². The van der Waals surface area contributed by atoms with Gasteiger partial charge in [0.05, 0.1) is 17.3 Å². The fourth-order valence-corrected chi connectivity index (χ4v) is 3.06. The van der Waals surface area contributed by atoms with Crippen LogP contribution in [-0.4, -0.2) is 50.4 Å². The molecule has 7 nitrogen and oxygen atoms in total. The predicted octanol–water partition coefficient (Wildman–Crippen LogP) is 1.37. The van der Waals surface area contributed by atoms with E-state index in [1.807, 2.05) is 13.1 Å².